The summed E-state index contributed by atoms with van der Waals surface area (Å²) in [4.78, 5) is 4.59. The molecular formula is C12H20N2O2S. The van der Waals surface area contributed by atoms with Gasteiger partial charge < -0.3 is 14.8 Å². The SMILES string of the molecule is COCCNC(c1nc(C)cs1)C1CCOC1. The van der Waals surface area contributed by atoms with Gasteiger partial charge in [-0.05, 0) is 13.3 Å². The molecule has 0 aliphatic carbocycles. The van der Waals surface area contributed by atoms with Gasteiger partial charge in [0.1, 0.15) is 5.01 Å². The van der Waals surface area contributed by atoms with Crippen LogP contribution in [0, 0.1) is 12.8 Å². The fourth-order valence-corrected chi connectivity index (χ4v) is 3.07. The van der Waals surface area contributed by atoms with Crippen molar-refractivity contribution in [3.8, 4) is 0 Å². The van der Waals surface area contributed by atoms with Crippen LogP contribution in [-0.4, -0.2) is 38.5 Å². The highest BCUT2D eigenvalue weighted by molar-refractivity contribution is 7.09. The maximum atomic E-state index is 5.48. The van der Waals surface area contributed by atoms with E-state index < -0.39 is 0 Å². The number of thiazole rings is 1. The van der Waals surface area contributed by atoms with Gasteiger partial charge in [0.2, 0.25) is 0 Å². The molecule has 0 amide bonds. The summed E-state index contributed by atoms with van der Waals surface area (Å²) in [5, 5.41) is 6.82. The van der Waals surface area contributed by atoms with E-state index in [1.807, 2.05) is 6.92 Å². The van der Waals surface area contributed by atoms with E-state index in [-0.39, 0.29) is 0 Å². The largest absolute Gasteiger partial charge is 0.383 e. The molecule has 2 rings (SSSR count). The van der Waals surface area contributed by atoms with Gasteiger partial charge in [0.05, 0.1) is 19.3 Å². The first-order valence-electron chi connectivity index (χ1n) is 6.03. The summed E-state index contributed by atoms with van der Waals surface area (Å²) in [6, 6.07) is 0.311. The topological polar surface area (TPSA) is 43.4 Å². The Morgan fingerprint density at radius 1 is 1.71 bits per heavy atom. The summed E-state index contributed by atoms with van der Waals surface area (Å²) in [5.74, 6) is 0.539. The van der Waals surface area contributed by atoms with Crippen LogP contribution >= 0.6 is 11.3 Å². The van der Waals surface area contributed by atoms with Crippen molar-refractivity contribution in [2.75, 3.05) is 33.5 Å². The second-order valence-corrected chi connectivity index (χ2v) is 5.27. The number of aryl methyl sites for hydroxylation is 1. The van der Waals surface area contributed by atoms with Crippen molar-refractivity contribution in [3.05, 3.63) is 16.1 Å². The summed E-state index contributed by atoms with van der Waals surface area (Å²) in [7, 11) is 1.73. The summed E-state index contributed by atoms with van der Waals surface area (Å²) in [6.07, 6.45) is 1.11. The first-order chi connectivity index (χ1) is 8.31. The van der Waals surface area contributed by atoms with Gasteiger partial charge in [0, 0.05) is 37.3 Å². The van der Waals surface area contributed by atoms with Crippen LogP contribution < -0.4 is 5.32 Å². The Kier molecular flexibility index (Phi) is 4.91. The van der Waals surface area contributed by atoms with Gasteiger partial charge in [0.25, 0.3) is 0 Å². The minimum Gasteiger partial charge on any atom is -0.383 e. The predicted molar refractivity (Wildman–Crippen MR) is 68.4 cm³/mol. The molecule has 4 nitrogen and oxygen atoms in total. The van der Waals surface area contributed by atoms with Crippen LogP contribution in [0.5, 0.6) is 0 Å². The fourth-order valence-electron chi connectivity index (χ4n) is 2.10. The van der Waals surface area contributed by atoms with Crippen molar-refractivity contribution in [1.29, 1.82) is 0 Å². The lowest BCUT2D eigenvalue weighted by Crippen LogP contribution is -2.31. The molecule has 2 unspecified atom stereocenters. The lowest BCUT2D eigenvalue weighted by Gasteiger charge is -2.21. The van der Waals surface area contributed by atoms with Gasteiger partial charge in [-0.1, -0.05) is 0 Å². The zero-order chi connectivity index (χ0) is 12.1. The normalized spacial score (nSPS) is 21.9. The first-order valence-corrected chi connectivity index (χ1v) is 6.91. The third kappa shape index (κ3) is 3.48. The molecule has 1 aliphatic rings. The molecule has 1 fully saturated rings. The van der Waals surface area contributed by atoms with Crippen molar-refractivity contribution in [1.82, 2.24) is 10.3 Å². The molecular weight excluding hydrogens is 236 g/mol. The van der Waals surface area contributed by atoms with Gasteiger partial charge in [0.15, 0.2) is 0 Å². The molecule has 1 aromatic heterocycles. The van der Waals surface area contributed by atoms with Crippen LogP contribution in [0.3, 0.4) is 0 Å². The van der Waals surface area contributed by atoms with Crippen LogP contribution in [-0.2, 0) is 9.47 Å². The number of methoxy groups -OCH3 is 1. The summed E-state index contributed by atoms with van der Waals surface area (Å²) in [5.41, 5.74) is 1.10. The minimum absolute atomic E-state index is 0.311. The van der Waals surface area contributed by atoms with E-state index in [4.69, 9.17) is 9.47 Å². The summed E-state index contributed by atoms with van der Waals surface area (Å²) >= 11 is 1.73. The highest BCUT2D eigenvalue weighted by Gasteiger charge is 2.28. The van der Waals surface area contributed by atoms with E-state index in [1.165, 1.54) is 5.01 Å². The molecule has 0 bridgehead atoms. The lowest BCUT2D eigenvalue weighted by atomic mass is 9.99. The molecule has 0 saturated carbocycles. The molecule has 1 aliphatic heterocycles. The maximum absolute atomic E-state index is 5.48. The van der Waals surface area contributed by atoms with Crippen molar-refractivity contribution in [3.63, 3.8) is 0 Å². The Morgan fingerprint density at radius 3 is 3.18 bits per heavy atom. The molecule has 17 heavy (non-hydrogen) atoms. The van der Waals surface area contributed by atoms with Crippen molar-refractivity contribution in [2.24, 2.45) is 5.92 Å². The van der Waals surface area contributed by atoms with E-state index in [0.717, 1.165) is 38.5 Å². The highest BCUT2D eigenvalue weighted by Crippen LogP contribution is 2.30. The van der Waals surface area contributed by atoms with Gasteiger partial charge in [-0.2, -0.15) is 0 Å². The van der Waals surface area contributed by atoms with Crippen LogP contribution in [0.15, 0.2) is 5.38 Å². The molecule has 1 saturated heterocycles. The number of hydrogen-bond donors (Lipinski definition) is 1. The lowest BCUT2D eigenvalue weighted by molar-refractivity contribution is 0.168. The molecule has 1 N–H and O–H groups in total. The minimum atomic E-state index is 0.311. The summed E-state index contributed by atoms with van der Waals surface area (Å²) < 4.78 is 10.6. The van der Waals surface area contributed by atoms with Crippen LogP contribution in [0.4, 0.5) is 0 Å². The number of nitrogens with zero attached hydrogens (tertiary/aromatic N) is 1. The molecule has 0 spiro atoms. The monoisotopic (exact) mass is 256 g/mol. The second kappa shape index (κ2) is 6.44. The fraction of sp³-hybridized carbons (Fsp3) is 0.750. The quantitative estimate of drug-likeness (QED) is 0.788. The summed E-state index contributed by atoms with van der Waals surface area (Å²) in [6.45, 7) is 5.34. The molecule has 2 heterocycles. The van der Waals surface area contributed by atoms with Crippen LogP contribution in [0.25, 0.3) is 0 Å². The van der Waals surface area contributed by atoms with E-state index in [0.29, 0.717) is 12.0 Å². The Hall–Kier alpha value is -0.490. The van der Waals surface area contributed by atoms with E-state index in [2.05, 4.69) is 15.7 Å². The average molecular weight is 256 g/mol. The van der Waals surface area contributed by atoms with Gasteiger partial charge in [-0.3, -0.25) is 0 Å². The molecule has 1 aromatic rings. The Balaban J connectivity index is 2.00. The average Bonchev–Trinajstić information content (AvgIpc) is 2.96. The zero-order valence-electron chi connectivity index (χ0n) is 10.4. The van der Waals surface area contributed by atoms with Gasteiger partial charge in [-0.25, -0.2) is 4.98 Å². The Morgan fingerprint density at radius 2 is 2.59 bits per heavy atom. The van der Waals surface area contributed by atoms with Crippen molar-refractivity contribution in [2.45, 2.75) is 19.4 Å². The second-order valence-electron chi connectivity index (χ2n) is 4.38. The molecule has 0 aromatic carbocycles. The highest BCUT2D eigenvalue weighted by atomic mass is 32.1. The third-order valence-corrected chi connectivity index (χ3v) is 4.06. The first kappa shape index (κ1) is 13.0. The van der Waals surface area contributed by atoms with Crippen LogP contribution in [0.1, 0.15) is 23.2 Å². The number of rotatable bonds is 6. The molecule has 0 radical (unpaired) electrons. The van der Waals surface area contributed by atoms with Gasteiger partial charge >= 0.3 is 0 Å². The number of aromatic nitrogens is 1. The van der Waals surface area contributed by atoms with Crippen molar-refractivity contribution < 1.29 is 9.47 Å². The number of nitrogens with one attached hydrogen (secondary N) is 1. The predicted octanol–water partition coefficient (Wildman–Crippen LogP) is 1.77. The molecule has 5 heteroatoms. The van der Waals surface area contributed by atoms with Crippen molar-refractivity contribution >= 4 is 11.3 Å². The van der Waals surface area contributed by atoms with E-state index in [9.17, 15) is 0 Å². The standard InChI is InChI=1S/C12H20N2O2S/c1-9-8-17-12(14-9)11(13-4-6-15-2)10-3-5-16-7-10/h8,10-11,13H,3-7H2,1-2H3. The van der Waals surface area contributed by atoms with E-state index >= 15 is 0 Å². The van der Waals surface area contributed by atoms with E-state index in [1.54, 1.807) is 18.4 Å². The van der Waals surface area contributed by atoms with Crippen LogP contribution in [0.2, 0.25) is 0 Å². The zero-order valence-corrected chi connectivity index (χ0v) is 11.3. The Bertz CT molecular complexity index is 337. The molecule has 96 valence electrons. The smallest absolute Gasteiger partial charge is 0.110 e. The number of ether oxygens (including phenoxy) is 2. The van der Waals surface area contributed by atoms with Gasteiger partial charge in [-0.15, -0.1) is 11.3 Å². The molecule has 2 atom stereocenters. The Labute approximate surface area is 106 Å². The number of hydrogen-bond acceptors (Lipinski definition) is 5. The maximum Gasteiger partial charge on any atom is 0.110 e. The third-order valence-electron chi connectivity index (χ3n) is 3.01.